The monoisotopic (exact) mass is 412 g/mol. The molecule has 1 aliphatic rings. The SMILES string of the molecule is COc1cccc(-c2noc(C3CCCN3C(=O)Nc3ccc(OC)c(F)c3)n2)c1. The summed E-state index contributed by atoms with van der Waals surface area (Å²) in [4.78, 5) is 18.9. The molecule has 4 rings (SSSR count). The number of anilines is 1. The quantitative estimate of drug-likeness (QED) is 0.673. The molecule has 2 heterocycles. The van der Waals surface area contributed by atoms with Gasteiger partial charge in [0.2, 0.25) is 11.7 Å². The fourth-order valence-electron chi connectivity index (χ4n) is 3.46. The number of nitrogens with zero attached hydrogens (tertiary/aromatic N) is 3. The first-order chi connectivity index (χ1) is 14.6. The number of urea groups is 1. The van der Waals surface area contributed by atoms with Crippen LogP contribution in [-0.2, 0) is 0 Å². The average molecular weight is 412 g/mol. The van der Waals surface area contributed by atoms with Crippen LogP contribution in [0.4, 0.5) is 14.9 Å². The molecular weight excluding hydrogens is 391 g/mol. The number of carbonyl (C=O) groups excluding carboxylic acids is 1. The molecule has 0 aliphatic carbocycles. The minimum absolute atomic E-state index is 0.114. The lowest BCUT2D eigenvalue weighted by Gasteiger charge is -2.22. The van der Waals surface area contributed by atoms with Gasteiger partial charge >= 0.3 is 6.03 Å². The zero-order chi connectivity index (χ0) is 21.1. The molecule has 0 spiro atoms. The van der Waals surface area contributed by atoms with E-state index in [-0.39, 0.29) is 17.8 Å². The van der Waals surface area contributed by atoms with Gasteiger partial charge in [-0.15, -0.1) is 0 Å². The minimum atomic E-state index is -0.548. The van der Waals surface area contributed by atoms with Gasteiger partial charge in [0.25, 0.3) is 0 Å². The highest BCUT2D eigenvalue weighted by molar-refractivity contribution is 5.89. The number of hydrogen-bond acceptors (Lipinski definition) is 6. The molecule has 156 valence electrons. The normalized spacial score (nSPS) is 15.8. The maximum absolute atomic E-state index is 13.9. The van der Waals surface area contributed by atoms with Crippen LogP contribution in [0.2, 0.25) is 0 Å². The highest BCUT2D eigenvalue weighted by atomic mass is 19.1. The van der Waals surface area contributed by atoms with Gasteiger partial charge in [0, 0.05) is 23.9 Å². The molecule has 9 heteroatoms. The van der Waals surface area contributed by atoms with Gasteiger partial charge in [0.05, 0.1) is 14.2 Å². The molecule has 1 aromatic heterocycles. The molecule has 1 atom stereocenters. The van der Waals surface area contributed by atoms with Crippen LogP contribution in [0.25, 0.3) is 11.4 Å². The van der Waals surface area contributed by atoms with Crippen molar-refractivity contribution in [1.29, 1.82) is 0 Å². The van der Waals surface area contributed by atoms with Crippen LogP contribution in [0.1, 0.15) is 24.8 Å². The molecular formula is C21H21FN4O4. The Morgan fingerprint density at radius 1 is 1.23 bits per heavy atom. The van der Waals surface area contributed by atoms with Gasteiger partial charge in [-0.25, -0.2) is 9.18 Å². The van der Waals surface area contributed by atoms with E-state index in [4.69, 9.17) is 14.0 Å². The second-order valence-corrected chi connectivity index (χ2v) is 6.82. The van der Waals surface area contributed by atoms with Crippen LogP contribution in [0, 0.1) is 5.82 Å². The smallest absolute Gasteiger partial charge is 0.322 e. The van der Waals surface area contributed by atoms with Crippen molar-refractivity contribution in [2.24, 2.45) is 0 Å². The summed E-state index contributed by atoms with van der Waals surface area (Å²) in [6, 6.07) is 10.9. The second-order valence-electron chi connectivity index (χ2n) is 6.82. The number of ether oxygens (including phenoxy) is 2. The molecule has 2 amide bonds. The second kappa shape index (κ2) is 8.40. The lowest BCUT2D eigenvalue weighted by Crippen LogP contribution is -2.34. The summed E-state index contributed by atoms with van der Waals surface area (Å²) in [5.41, 5.74) is 1.10. The first-order valence-electron chi connectivity index (χ1n) is 9.48. The summed E-state index contributed by atoms with van der Waals surface area (Å²) in [5, 5.41) is 6.77. The van der Waals surface area contributed by atoms with Crippen LogP contribution in [0.5, 0.6) is 11.5 Å². The Balaban J connectivity index is 1.50. The summed E-state index contributed by atoms with van der Waals surface area (Å²) in [6.07, 6.45) is 1.50. The molecule has 1 saturated heterocycles. The number of nitrogens with one attached hydrogen (secondary N) is 1. The van der Waals surface area contributed by atoms with E-state index in [0.717, 1.165) is 12.0 Å². The van der Waals surface area contributed by atoms with E-state index in [1.54, 1.807) is 18.1 Å². The topological polar surface area (TPSA) is 89.7 Å². The van der Waals surface area contributed by atoms with Crippen molar-refractivity contribution in [3.8, 4) is 22.9 Å². The van der Waals surface area contributed by atoms with Gasteiger partial charge in [-0.1, -0.05) is 17.3 Å². The Labute approximate surface area is 172 Å². The molecule has 1 fully saturated rings. The zero-order valence-electron chi connectivity index (χ0n) is 16.6. The summed E-state index contributed by atoms with van der Waals surface area (Å²) in [6.45, 7) is 0.534. The third-order valence-corrected chi connectivity index (χ3v) is 4.97. The van der Waals surface area contributed by atoms with Gasteiger partial charge < -0.3 is 24.2 Å². The zero-order valence-corrected chi connectivity index (χ0v) is 16.6. The van der Waals surface area contributed by atoms with Gasteiger partial charge in [0.15, 0.2) is 11.6 Å². The largest absolute Gasteiger partial charge is 0.497 e. The van der Waals surface area contributed by atoms with Gasteiger partial charge in [-0.3, -0.25) is 0 Å². The third-order valence-electron chi connectivity index (χ3n) is 4.97. The highest BCUT2D eigenvalue weighted by Crippen LogP contribution is 2.33. The molecule has 2 aromatic carbocycles. The van der Waals surface area contributed by atoms with Crippen molar-refractivity contribution in [3.63, 3.8) is 0 Å². The minimum Gasteiger partial charge on any atom is -0.497 e. The molecule has 0 saturated carbocycles. The van der Waals surface area contributed by atoms with Crippen LogP contribution in [-0.4, -0.2) is 41.8 Å². The van der Waals surface area contributed by atoms with Gasteiger partial charge in [-0.2, -0.15) is 4.98 Å². The van der Waals surface area contributed by atoms with Crippen LogP contribution in [0.3, 0.4) is 0 Å². The Kier molecular flexibility index (Phi) is 5.51. The standard InChI is InChI=1S/C21H21FN4O4/c1-28-15-6-3-5-13(11-15)19-24-20(30-25-19)17-7-4-10-26(17)21(27)23-14-8-9-18(29-2)16(22)12-14/h3,5-6,8-9,11-12,17H,4,7,10H2,1-2H3,(H,23,27). The maximum atomic E-state index is 13.9. The van der Waals surface area contributed by atoms with E-state index < -0.39 is 5.82 Å². The molecule has 30 heavy (non-hydrogen) atoms. The molecule has 0 bridgehead atoms. The number of methoxy groups -OCH3 is 2. The lowest BCUT2D eigenvalue weighted by atomic mass is 10.2. The van der Waals surface area contributed by atoms with Crippen molar-refractivity contribution in [2.75, 3.05) is 26.1 Å². The summed E-state index contributed by atoms with van der Waals surface area (Å²) < 4.78 is 29.5. The number of rotatable bonds is 5. The lowest BCUT2D eigenvalue weighted by molar-refractivity contribution is 0.193. The molecule has 1 N–H and O–H groups in total. The number of halogens is 1. The predicted octanol–water partition coefficient (Wildman–Crippen LogP) is 4.26. The summed E-state index contributed by atoms with van der Waals surface area (Å²) in [7, 11) is 2.97. The maximum Gasteiger partial charge on any atom is 0.322 e. The van der Waals surface area contributed by atoms with Crippen molar-refractivity contribution in [2.45, 2.75) is 18.9 Å². The van der Waals surface area contributed by atoms with Crippen LogP contribution >= 0.6 is 0 Å². The fraction of sp³-hybridized carbons (Fsp3) is 0.286. The molecule has 1 aliphatic heterocycles. The molecule has 1 unspecified atom stereocenters. The average Bonchev–Trinajstić information content (AvgIpc) is 3.43. The highest BCUT2D eigenvalue weighted by Gasteiger charge is 2.34. The van der Waals surface area contributed by atoms with Gasteiger partial charge in [-0.05, 0) is 37.1 Å². The number of amides is 2. The Morgan fingerprint density at radius 2 is 2.10 bits per heavy atom. The van der Waals surface area contributed by atoms with Crippen molar-refractivity contribution >= 4 is 11.7 Å². The van der Waals surface area contributed by atoms with Gasteiger partial charge in [0.1, 0.15) is 11.8 Å². The number of aromatic nitrogens is 2. The van der Waals surface area contributed by atoms with E-state index in [1.807, 2.05) is 24.3 Å². The number of hydrogen-bond donors (Lipinski definition) is 1. The fourth-order valence-corrected chi connectivity index (χ4v) is 3.46. The van der Waals surface area contributed by atoms with E-state index in [9.17, 15) is 9.18 Å². The van der Waals surface area contributed by atoms with Crippen molar-refractivity contribution < 1.29 is 23.2 Å². The van der Waals surface area contributed by atoms with E-state index in [2.05, 4.69) is 15.5 Å². The number of likely N-dealkylation sites (tertiary alicyclic amines) is 1. The summed E-state index contributed by atoms with van der Waals surface area (Å²) >= 11 is 0. The molecule has 8 nitrogen and oxygen atoms in total. The Bertz CT molecular complexity index is 1050. The van der Waals surface area contributed by atoms with Crippen molar-refractivity contribution in [1.82, 2.24) is 15.0 Å². The molecule has 0 radical (unpaired) electrons. The van der Waals surface area contributed by atoms with Crippen LogP contribution < -0.4 is 14.8 Å². The van der Waals surface area contributed by atoms with Crippen LogP contribution in [0.15, 0.2) is 47.0 Å². The first kappa shape index (κ1) is 19.7. The van der Waals surface area contributed by atoms with E-state index >= 15 is 0 Å². The predicted molar refractivity (Wildman–Crippen MR) is 107 cm³/mol. The summed E-state index contributed by atoms with van der Waals surface area (Å²) in [5.74, 6) is 1.04. The number of carbonyl (C=O) groups is 1. The Hall–Kier alpha value is -3.62. The first-order valence-corrected chi connectivity index (χ1v) is 9.48. The van der Waals surface area contributed by atoms with E-state index in [1.165, 1.54) is 19.2 Å². The van der Waals surface area contributed by atoms with E-state index in [0.29, 0.717) is 36.1 Å². The molecule has 3 aromatic rings. The number of benzene rings is 2. The van der Waals surface area contributed by atoms with Crippen molar-refractivity contribution in [3.05, 3.63) is 54.2 Å². The third kappa shape index (κ3) is 3.91. The Morgan fingerprint density at radius 3 is 2.87 bits per heavy atom.